The van der Waals surface area contributed by atoms with Gasteiger partial charge in [0.15, 0.2) is 17.5 Å². The van der Waals surface area contributed by atoms with Crippen LogP contribution in [0.1, 0.15) is 12.0 Å². The van der Waals surface area contributed by atoms with E-state index in [1.54, 1.807) is 0 Å². The third-order valence-corrected chi connectivity index (χ3v) is 2.04. The molecule has 0 aliphatic carbocycles. The number of aryl methyl sites for hydroxylation is 1. The van der Waals surface area contributed by atoms with Crippen LogP contribution in [0.3, 0.4) is 0 Å². The minimum absolute atomic E-state index is 0.202. The third kappa shape index (κ3) is 2.40. The van der Waals surface area contributed by atoms with Crippen molar-refractivity contribution in [3.05, 3.63) is 35.1 Å². The van der Waals surface area contributed by atoms with E-state index in [1.807, 2.05) is 0 Å². The van der Waals surface area contributed by atoms with Gasteiger partial charge in [-0.3, -0.25) is 0 Å². The highest BCUT2D eigenvalue weighted by Gasteiger charge is 2.12. The number of rotatable bonds is 3. The van der Waals surface area contributed by atoms with Gasteiger partial charge < -0.3 is 0 Å². The Balaban J connectivity index is 2.90. The molecule has 13 heavy (non-hydrogen) atoms. The first-order valence-corrected chi connectivity index (χ1v) is 4.53. The summed E-state index contributed by atoms with van der Waals surface area (Å²) in [6.45, 7) is 0. The smallest absolute Gasteiger partial charge is 0.194 e. The number of benzene rings is 1. The van der Waals surface area contributed by atoms with Crippen molar-refractivity contribution in [1.29, 1.82) is 0 Å². The van der Waals surface area contributed by atoms with Crippen LogP contribution in [0.2, 0.25) is 0 Å². The van der Waals surface area contributed by atoms with Crippen LogP contribution >= 0.6 is 12.6 Å². The lowest BCUT2D eigenvalue weighted by Gasteiger charge is -2.02. The van der Waals surface area contributed by atoms with Crippen molar-refractivity contribution in [3.63, 3.8) is 0 Å². The van der Waals surface area contributed by atoms with Crippen LogP contribution in [0.15, 0.2) is 12.1 Å². The first-order valence-electron chi connectivity index (χ1n) is 3.90. The maximum atomic E-state index is 12.9. The van der Waals surface area contributed by atoms with Crippen LogP contribution in [0, 0.1) is 17.5 Å². The molecule has 0 bridgehead atoms. The van der Waals surface area contributed by atoms with Gasteiger partial charge in [-0.05, 0) is 30.2 Å². The molecule has 0 radical (unpaired) electrons. The van der Waals surface area contributed by atoms with E-state index < -0.39 is 17.5 Å². The average molecular weight is 206 g/mol. The van der Waals surface area contributed by atoms with Gasteiger partial charge in [-0.25, -0.2) is 13.2 Å². The quantitative estimate of drug-likeness (QED) is 0.570. The molecule has 0 amide bonds. The lowest BCUT2D eigenvalue weighted by atomic mass is 10.1. The van der Waals surface area contributed by atoms with Gasteiger partial charge in [0.2, 0.25) is 0 Å². The third-order valence-electron chi connectivity index (χ3n) is 1.72. The van der Waals surface area contributed by atoms with E-state index in [9.17, 15) is 13.2 Å². The fourth-order valence-electron chi connectivity index (χ4n) is 1.03. The van der Waals surface area contributed by atoms with Gasteiger partial charge in [-0.15, -0.1) is 0 Å². The highest BCUT2D eigenvalue weighted by atomic mass is 32.1. The van der Waals surface area contributed by atoms with Gasteiger partial charge in [-0.2, -0.15) is 12.6 Å². The maximum absolute atomic E-state index is 12.9. The van der Waals surface area contributed by atoms with Gasteiger partial charge in [0.1, 0.15) is 0 Å². The van der Waals surface area contributed by atoms with E-state index in [0.717, 1.165) is 6.07 Å². The van der Waals surface area contributed by atoms with Gasteiger partial charge in [0.25, 0.3) is 0 Å². The minimum Gasteiger partial charge on any atom is -0.204 e. The number of thiol groups is 1. The Morgan fingerprint density at radius 2 is 1.77 bits per heavy atom. The summed E-state index contributed by atoms with van der Waals surface area (Å²) in [4.78, 5) is 0. The standard InChI is InChI=1S/C9H9F3S/c10-7-4-3-6(2-1-5-13)8(11)9(7)12/h3-4,13H,1-2,5H2. The van der Waals surface area contributed by atoms with Crippen LogP contribution in [-0.4, -0.2) is 5.75 Å². The van der Waals surface area contributed by atoms with Crippen LogP contribution in [0.4, 0.5) is 13.2 Å². The molecule has 1 aromatic rings. The largest absolute Gasteiger partial charge is 0.204 e. The Hall–Kier alpha value is -0.640. The summed E-state index contributed by atoms with van der Waals surface area (Å²) in [5.41, 5.74) is 0.202. The second-order valence-corrected chi connectivity index (χ2v) is 3.11. The second kappa shape index (κ2) is 4.56. The van der Waals surface area contributed by atoms with Crippen molar-refractivity contribution in [2.45, 2.75) is 12.8 Å². The Bertz CT molecular complexity index is 299. The summed E-state index contributed by atoms with van der Waals surface area (Å²) >= 11 is 3.94. The Morgan fingerprint density at radius 3 is 2.38 bits per heavy atom. The molecule has 0 aliphatic heterocycles. The summed E-state index contributed by atoms with van der Waals surface area (Å²) in [7, 11) is 0. The molecule has 0 aromatic heterocycles. The van der Waals surface area contributed by atoms with E-state index in [1.165, 1.54) is 6.07 Å². The average Bonchev–Trinajstić information content (AvgIpc) is 2.13. The lowest BCUT2D eigenvalue weighted by molar-refractivity contribution is 0.440. The summed E-state index contributed by atoms with van der Waals surface area (Å²) < 4.78 is 38.0. The first-order chi connectivity index (χ1) is 6.16. The molecule has 0 saturated carbocycles. The predicted molar refractivity (Wildman–Crippen MR) is 48.5 cm³/mol. The van der Waals surface area contributed by atoms with E-state index >= 15 is 0 Å². The molecule has 0 saturated heterocycles. The SMILES string of the molecule is Fc1ccc(CCCS)c(F)c1F. The first kappa shape index (κ1) is 10.4. The van der Waals surface area contributed by atoms with Crippen LogP contribution in [0.5, 0.6) is 0 Å². The number of hydrogen-bond acceptors (Lipinski definition) is 1. The highest BCUT2D eigenvalue weighted by Crippen LogP contribution is 2.16. The zero-order valence-corrected chi connectivity index (χ0v) is 7.75. The molecular weight excluding hydrogens is 197 g/mol. The second-order valence-electron chi connectivity index (χ2n) is 2.66. The molecule has 0 aliphatic rings. The molecule has 1 aromatic carbocycles. The summed E-state index contributed by atoms with van der Waals surface area (Å²) in [5.74, 6) is -3.02. The van der Waals surface area contributed by atoms with E-state index in [0.29, 0.717) is 18.6 Å². The normalized spacial score (nSPS) is 10.5. The van der Waals surface area contributed by atoms with Gasteiger partial charge in [-0.1, -0.05) is 6.07 Å². The molecule has 0 N–H and O–H groups in total. The molecule has 0 unspecified atom stereocenters. The minimum atomic E-state index is -1.39. The van der Waals surface area contributed by atoms with Crippen molar-refractivity contribution in [3.8, 4) is 0 Å². The van der Waals surface area contributed by atoms with Crippen molar-refractivity contribution < 1.29 is 13.2 Å². The van der Waals surface area contributed by atoms with Crippen LogP contribution < -0.4 is 0 Å². The number of hydrogen-bond donors (Lipinski definition) is 1. The number of halogens is 3. The topological polar surface area (TPSA) is 0 Å². The van der Waals surface area contributed by atoms with Gasteiger partial charge >= 0.3 is 0 Å². The van der Waals surface area contributed by atoms with Gasteiger partial charge in [0, 0.05) is 0 Å². The van der Waals surface area contributed by atoms with Crippen LogP contribution in [0.25, 0.3) is 0 Å². The van der Waals surface area contributed by atoms with Crippen molar-refractivity contribution in [2.75, 3.05) is 5.75 Å². The molecule has 0 nitrogen and oxygen atoms in total. The van der Waals surface area contributed by atoms with E-state index in [4.69, 9.17) is 0 Å². The Kier molecular flexibility index (Phi) is 3.66. The molecule has 72 valence electrons. The van der Waals surface area contributed by atoms with Gasteiger partial charge in [0.05, 0.1) is 0 Å². The molecular formula is C9H9F3S. The monoisotopic (exact) mass is 206 g/mol. The molecule has 0 atom stereocenters. The lowest BCUT2D eigenvalue weighted by Crippen LogP contribution is -1.98. The zero-order chi connectivity index (χ0) is 9.84. The van der Waals surface area contributed by atoms with Crippen molar-refractivity contribution in [1.82, 2.24) is 0 Å². The maximum Gasteiger partial charge on any atom is 0.194 e. The molecule has 0 fully saturated rings. The fourth-order valence-corrected chi connectivity index (χ4v) is 1.19. The van der Waals surface area contributed by atoms with Crippen LogP contribution in [-0.2, 0) is 6.42 Å². The highest BCUT2D eigenvalue weighted by molar-refractivity contribution is 7.80. The van der Waals surface area contributed by atoms with E-state index in [-0.39, 0.29) is 5.56 Å². The summed E-state index contributed by atoms with van der Waals surface area (Å²) in [6, 6.07) is 2.20. The summed E-state index contributed by atoms with van der Waals surface area (Å²) in [5, 5.41) is 0. The Morgan fingerprint density at radius 1 is 1.08 bits per heavy atom. The van der Waals surface area contributed by atoms with E-state index in [2.05, 4.69) is 12.6 Å². The molecule has 4 heteroatoms. The Labute approximate surface area is 80.2 Å². The fraction of sp³-hybridized carbons (Fsp3) is 0.333. The molecule has 0 heterocycles. The molecule has 1 rings (SSSR count). The van der Waals surface area contributed by atoms with Crippen molar-refractivity contribution in [2.24, 2.45) is 0 Å². The predicted octanol–water partition coefficient (Wildman–Crippen LogP) is 2.97. The van der Waals surface area contributed by atoms with Crippen molar-refractivity contribution >= 4 is 12.6 Å². The molecule has 0 spiro atoms. The zero-order valence-electron chi connectivity index (χ0n) is 6.86. The summed E-state index contributed by atoms with van der Waals surface area (Å²) in [6.07, 6.45) is 1.03.